The Kier molecular flexibility index (Phi) is 5.88. The van der Waals surface area contributed by atoms with Gasteiger partial charge in [-0.15, -0.1) is 0 Å². The Morgan fingerprint density at radius 3 is 2.73 bits per heavy atom. The molecule has 82 valence electrons. The van der Waals surface area contributed by atoms with E-state index in [0.717, 1.165) is 19.4 Å². The van der Waals surface area contributed by atoms with E-state index in [9.17, 15) is 0 Å². The second-order valence-corrected chi connectivity index (χ2v) is 3.81. The SMILES string of the molecule is NC(=S)CCOCCCc1ccncc1. The van der Waals surface area contributed by atoms with E-state index in [1.165, 1.54) is 5.56 Å². The van der Waals surface area contributed by atoms with Gasteiger partial charge in [-0.1, -0.05) is 12.2 Å². The molecule has 4 heteroatoms. The van der Waals surface area contributed by atoms with E-state index in [-0.39, 0.29) is 0 Å². The van der Waals surface area contributed by atoms with Gasteiger partial charge in [-0.25, -0.2) is 0 Å². The maximum absolute atomic E-state index is 5.38. The summed E-state index contributed by atoms with van der Waals surface area (Å²) in [4.78, 5) is 4.48. The highest BCUT2D eigenvalue weighted by Crippen LogP contribution is 2.00. The Morgan fingerprint density at radius 1 is 1.33 bits per heavy atom. The molecule has 0 unspecified atom stereocenters. The molecule has 0 aliphatic carbocycles. The first-order chi connectivity index (χ1) is 7.29. The van der Waals surface area contributed by atoms with Crippen LogP contribution in [-0.4, -0.2) is 23.2 Å². The zero-order valence-electron chi connectivity index (χ0n) is 8.69. The molecule has 1 heterocycles. The van der Waals surface area contributed by atoms with Crippen molar-refractivity contribution in [3.8, 4) is 0 Å². The van der Waals surface area contributed by atoms with Gasteiger partial charge in [0.1, 0.15) is 0 Å². The number of aryl methyl sites for hydroxylation is 1. The van der Waals surface area contributed by atoms with Crippen molar-refractivity contribution in [1.82, 2.24) is 4.98 Å². The molecule has 0 saturated heterocycles. The third kappa shape index (κ3) is 6.14. The molecule has 0 saturated carbocycles. The van der Waals surface area contributed by atoms with E-state index in [0.29, 0.717) is 18.0 Å². The molecule has 0 atom stereocenters. The zero-order chi connectivity index (χ0) is 10.9. The minimum absolute atomic E-state index is 0.518. The monoisotopic (exact) mass is 224 g/mol. The lowest BCUT2D eigenvalue weighted by molar-refractivity contribution is 0.139. The summed E-state index contributed by atoms with van der Waals surface area (Å²) in [5.74, 6) is 0. The summed E-state index contributed by atoms with van der Waals surface area (Å²) in [7, 11) is 0. The fourth-order valence-corrected chi connectivity index (χ4v) is 1.29. The van der Waals surface area contributed by atoms with Crippen molar-refractivity contribution < 1.29 is 4.74 Å². The second-order valence-electron chi connectivity index (χ2n) is 3.29. The Balaban J connectivity index is 2.00. The van der Waals surface area contributed by atoms with E-state index in [1.54, 1.807) is 0 Å². The summed E-state index contributed by atoms with van der Waals surface area (Å²) < 4.78 is 5.38. The quantitative estimate of drug-likeness (QED) is 0.566. The summed E-state index contributed by atoms with van der Waals surface area (Å²) in [6, 6.07) is 4.05. The molecule has 15 heavy (non-hydrogen) atoms. The highest BCUT2D eigenvalue weighted by molar-refractivity contribution is 7.80. The number of hydrogen-bond donors (Lipinski definition) is 1. The van der Waals surface area contributed by atoms with Crippen molar-refractivity contribution in [3.63, 3.8) is 0 Å². The number of rotatable bonds is 7. The van der Waals surface area contributed by atoms with Crippen LogP contribution in [-0.2, 0) is 11.2 Å². The molecule has 0 bridgehead atoms. The first-order valence-corrected chi connectivity index (χ1v) is 5.45. The molecule has 1 rings (SSSR count). The lowest BCUT2D eigenvalue weighted by Gasteiger charge is -2.03. The summed E-state index contributed by atoms with van der Waals surface area (Å²) in [5.41, 5.74) is 6.64. The van der Waals surface area contributed by atoms with Gasteiger partial charge in [0.05, 0.1) is 11.6 Å². The van der Waals surface area contributed by atoms with Crippen LogP contribution >= 0.6 is 12.2 Å². The number of thiocarbonyl (C=S) groups is 1. The van der Waals surface area contributed by atoms with Crippen molar-refractivity contribution in [1.29, 1.82) is 0 Å². The lowest BCUT2D eigenvalue weighted by Crippen LogP contribution is -2.11. The van der Waals surface area contributed by atoms with E-state index in [2.05, 4.69) is 4.98 Å². The zero-order valence-corrected chi connectivity index (χ0v) is 9.50. The van der Waals surface area contributed by atoms with Crippen molar-refractivity contribution in [2.24, 2.45) is 5.73 Å². The Bertz CT molecular complexity index is 290. The molecular weight excluding hydrogens is 208 g/mol. The molecule has 0 amide bonds. The molecular formula is C11H16N2OS. The Labute approximate surface area is 95.7 Å². The van der Waals surface area contributed by atoms with Crippen molar-refractivity contribution in [2.75, 3.05) is 13.2 Å². The van der Waals surface area contributed by atoms with Crippen molar-refractivity contribution in [3.05, 3.63) is 30.1 Å². The van der Waals surface area contributed by atoms with E-state index in [1.807, 2.05) is 24.5 Å². The molecule has 0 aromatic carbocycles. The number of hydrogen-bond acceptors (Lipinski definition) is 3. The molecule has 2 N–H and O–H groups in total. The fourth-order valence-electron chi connectivity index (χ4n) is 1.20. The maximum Gasteiger partial charge on any atom is 0.0750 e. The molecule has 1 aromatic rings. The summed E-state index contributed by atoms with van der Waals surface area (Å²) in [5, 5.41) is 0. The largest absolute Gasteiger partial charge is 0.393 e. The summed E-state index contributed by atoms with van der Waals surface area (Å²) >= 11 is 4.74. The Hall–Kier alpha value is -1.00. The smallest absolute Gasteiger partial charge is 0.0750 e. The normalized spacial score (nSPS) is 10.1. The molecule has 0 fully saturated rings. The van der Waals surface area contributed by atoms with E-state index >= 15 is 0 Å². The number of ether oxygens (including phenoxy) is 1. The highest BCUT2D eigenvalue weighted by Gasteiger charge is 1.93. The molecule has 0 aliphatic heterocycles. The van der Waals surface area contributed by atoms with Crippen LogP contribution in [0.5, 0.6) is 0 Å². The van der Waals surface area contributed by atoms with Gasteiger partial charge in [-0.05, 0) is 30.5 Å². The topological polar surface area (TPSA) is 48.1 Å². The van der Waals surface area contributed by atoms with Crippen LogP contribution in [0.4, 0.5) is 0 Å². The first-order valence-electron chi connectivity index (χ1n) is 5.04. The van der Waals surface area contributed by atoms with Crippen molar-refractivity contribution >= 4 is 17.2 Å². The molecule has 0 spiro atoms. The van der Waals surface area contributed by atoms with Crippen LogP contribution in [0, 0.1) is 0 Å². The van der Waals surface area contributed by atoms with Gasteiger partial charge >= 0.3 is 0 Å². The number of pyridine rings is 1. The van der Waals surface area contributed by atoms with Gasteiger partial charge < -0.3 is 10.5 Å². The lowest BCUT2D eigenvalue weighted by atomic mass is 10.1. The number of nitrogens with two attached hydrogens (primary N) is 1. The van der Waals surface area contributed by atoms with Crippen LogP contribution in [0.3, 0.4) is 0 Å². The average molecular weight is 224 g/mol. The maximum atomic E-state index is 5.38. The van der Waals surface area contributed by atoms with Gasteiger partial charge in [0.25, 0.3) is 0 Å². The van der Waals surface area contributed by atoms with Crippen molar-refractivity contribution in [2.45, 2.75) is 19.3 Å². The minimum atomic E-state index is 0.518. The standard InChI is InChI=1S/C11H16N2OS/c12-11(15)5-9-14-8-1-2-10-3-6-13-7-4-10/h3-4,6-7H,1-2,5,8-9H2,(H2,12,15). The molecule has 1 aromatic heterocycles. The molecule has 0 radical (unpaired) electrons. The van der Waals surface area contributed by atoms with Gasteiger partial charge in [0, 0.05) is 25.4 Å². The highest BCUT2D eigenvalue weighted by atomic mass is 32.1. The summed E-state index contributed by atoms with van der Waals surface area (Å²) in [6.45, 7) is 1.39. The second kappa shape index (κ2) is 7.31. The predicted molar refractivity (Wildman–Crippen MR) is 64.8 cm³/mol. The molecule has 3 nitrogen and oxygen atoms in total. The first kappa shape index (κ1) is 12.1. The summed E-state index contributed by atoms with van der Waals surface area (Å²) in [6.07, 6.45) is 6.33. The minimum Gasteiger partial charge on any atom is -0.393 e. The van der Waals surface area contributed by atoms with Gasteiger partial charge in [0.2, 0.25) is 0 Å². The molecule has 0 aliphatic rings. The number of nitrogens with zero attached hydrogens (tertiary/aromatic N) is 1. The van der Waals surface area contributed by atoms with E-state index in [4.69, 9.17) is 22.7 Å². The fraction of sp³-hybridized carbons (Fsp3) is 0.455. The van der Waals surface area contributed by atoms with Crippen LogP contribution in [0.15, 0.2) is 24.5 Å². The van der Waals surface area contributed by atoms with Crippen LogP contribution in [0.25, 0.3) is 0 Å². The number of aromatic nitrogens is 1. The Morgan fingerprint density at radius 2 is 2.07 bits per heavy atom. The van der Waals surface area contributed by atoms with Gasteiger partial charge in [0.15, 0.2) is 0 Å². The van der Waals surface area contributed by atoms with Crippen LogP contribution in [0.1, 0.15) is 18.4 Å². The van der Waals surface area contributed by atoms with Crippen LogP contribution < -0.4 is 5.73 Å². The van der Waals surface area contributed by atoms with E-state index < -0.39 is 0 Å². The third-order valence-electron chi connectivity index (χ3n) is 2.00. The van der Waals surface area contributed by atoms with Crippen LogP contribution in [0.2, 0.25) is 0 Å². The third-order valence-corrected chi connectivity index (χ3v) is 2.20. The van der Waals surface area contributed by atoms with Gasteiger partial charge in [-0.2, -0.15) is 0 Å². The predicted octanol–water partition coefficient (Wildman–Crippen LogP) is 1.71. The average Bonchev–Trinajstić information content (AvgIpc) is 2.24. The van der Waals surface area contributed by atoms with Gasteiger partial charge in [-0.3, -0.25) is 4.98 Å².